The molecule has 1 aromatic carbocycles. The molecule has 31 heavy (non-hydrogen) atoms. The second-order valence-electron chi connectivity index (χ2n) is 9.27. The molecule has 1 aliphatic rings. The lowest BCUT2D eigenvalue weighted by Crippen LogP contribution is -2.69. The zero-order valence-corrected chi connectivity index (χ0v) is 19.0. The standard InChI is InChI=1S/C22H30N2O7/c1-20(2,3)30-18(27)23-24(19(28)31-21(4,5)6)22(17(26)29-7)13-12-14-10-8-9-11-15(14)16(22)25/h8-11H,12-13H2,1-7H3,(H,23,27)/t22-/m0/s1. The monoisotopic (exact) mass is 434 g/mol. The fraction of sp³-hybridized carbons (Fsp3) is 0.545. The summed E-state index contributed by atoms with van der Waals surface area (Å²) in [4.78, 5) is 52.2. The molecule has 0 bridgehead atoms. The van der Waals surface area contributed by atoms with E-state index in [1.54, 1.807) is 65.8 Å². The van der Waals surface area contributed by atoms with Gasteiger partial charge >= 0.3 is 18.2 Å². The molecule has 0 radical (unpaired) electrons. The third kappa shape index (κ3) is 5.34. The summed E-state index contributed by atoms with van der Waals surface area (Å²) in [5.41, 5.74) is -0.743. The number of amides is 2. The van der Waals surface area contributed by atoms with Crippen molar-refractivity contribution in [3.05, 3.63) is 35.4 Å². The highest BCUT2D eigenvalue weighted by Gasteiger charge is 2.58. The molecule has 0 aliphatic heterocycles. The van der Waals surface area contributed by atoms with Crippen molar-refractivity contribution in [2.45, 2.75) is 71.1 Å². The van der Waals surface area contributed by atoms with Crippen LogP contribution in [0.15, 0.2) is 24.3 Å². The maximum atomic E-state index is 13.6. The quantitative estimate of drug-likeness (QED) is 0.329. The van der Waals surface area contributed by atoms with Gasteiger partial charge in [0.2, 0.25) is 11.3 Å². The molecule has 170 valence electrons. The first-order valence-corrected chi connectivity index (χ1v) is 9.95. The molecular weight excluding hydrogens is 404 g/mol. The molecule has 0 saturated heterocycles. The van der Waals surface area contributed by atoms with E-state index in [-0.39, 0.29) is 12.0 Å². The first-order chi connectivity index (χ1) is 14.2. The number of ether oxygens (including phenoxy) is 3. The Morgan fingerprint density at radius 2 is 1.58 bits per heavy atom. The lowest BCUT2D eigenvalue weighted by Gasteiger charge is -2.42. The molecule has 9 nitrogen and oxygen atoms in total. The lowest BCUT2D eigenvalue weighted by atomic mass is 9.76. The van der Waals surface area contributed by atoms with Crippen LogP contribution in [0.4, 0.5) is 9.59 Å². The number of nitrogens with one attached hydrogen (secondary N) is 1. The molecule has 0 heterocycles. The van der Waals surface area contributed by atoms with Crippen LogP contribution in [0.5, 0.6) is 0 Å². The van der Waals surface area contributed by atoms with Gasteiger partial charge in [-0.25, -0.2) is 19.8 Å². The second kappa shape index (κ2) is 8.56. The maximum absolute atomic E-state index is 13.6. The van der Waals surface area contributed by atoms with Crippen molar-refractivity contribution in [2.75, 3.05) is 7.11 Å². The Bertz CT molecular complexity index is 883. The van der Waals surface area contributed by atoms with E-state index in [1.807, 2.05) is 0 Å². The van der Waals surface area contributed by atoms with Crippen LogP contribution in [0.1, 0.15) is 63.9 Å². The van der Waals surface area contributed by atoms with Gasteiger partial charge in [0, 0.05) is 5.56 Å². The molecule has 2 amide bonds. The van der Waals surface area contributed by atoms with Crippen molar-refractivity contribution in [1.29, 1.82) is 0 Å². The SMILES string of the molecule is COC(=O)[C@]1(N(NC(=O)OC(C)(C)C)C(=O)OC(C)(C)C)CCc2ccccc2C1=O. The van der Waals surface area contributed by atoms with Gasteiger partial charge < -0.3 is 14.2 Å². The third-order valence-electron chi connectivity index (χ3n) is 4.48. The number of carbonyl (C=O) groups excluding carboxylic acids is 4. The summed E-state index contributed by atoms with van der Waals surface area (Å²) in [6, 6.07) is 6.77. The van der Waals surface area contributed by atoms with Gasteiger partial charge in [-0.1, -0.05) is 24.3 Å². The molecule has 1 N–H and O–H groups in total. The van der Waals surface area contributed by atoms with Crippen molar-refractivity contribution < 1.29 is 33.4 Å². The molecule has 0 aromatic heterocycles. The average Bonchev–Trinajstić information content (AvgIpc) is 2.64. The van der Waals surface area contributed by atoms with Crippen molar-refractivity contribution in [2.24, 2.45) is 0 Å². The molecule has 2 rings (SSSR count). The van der Waals surface area contributed by atoms with E-state index in [1.165, 1.54) is 0 Å². The highest BCUT2D eigenvalue weighted by molar-refractivity contribution is 6.19. The summed E-state index contributed by atoms with van der Waals surface area (Å²) in [6.07, 6.45) is -1.92. The number of carbonyl (C=O) groups is 4. The van der Waals surface area contributed by atoms with E-state index in [9.17, 15) is 19.2 Å². The Labute approximate surface area is 182 Å². The summed E-state index contributed by atoms with van der Waals surface area (Å²) in [5, 5.41) is 0.608. The highest BCUT2D eigenvalue weighted by Crippen LogP contribution is 2.35. The Morgan fingerprint density at radius 3 is 2.13 bits per heavy atom. The number of methoxy groups -OCH3 is 1. The topological polar surface area (TPSA) is 111 Å². The predicted molar refractivity (Wildman–Crippen MR) is 111 cm³/mol. The fourth-order valence-corrected chi connectivity index (χ4v) is 3.28. The fourth-order valence-electron chi connectivity index (χ4n) is 3.28. The smallest absolute Gasteiger partial charge is 0.430 e. The number of rotatable bonds is 2. The van der Waals surface area contributed by atoms with Crippen LogP contribution in [-0.4, -0.2) is 52.8 Å². The highest BCUT2D eigenvalue weighted by atomic mass is 16.6. The van der Waals surface area contributed by atoms with Crippen LogP contribution >= 0.6 is 0 Å². The Morgan fingerprint density at radius 1 is 1.00 bits per heavy atom. The summed E-state index contributed by atoms with van der Waals surface area (Å²) < 4.78 is 15.6. The van der Waals surface area contributed by atoms with Crippen LogP contribution in [0, 0.1) is 0 Å². The number of hydrogen-bond donors (Lipinski definition) is 1. The Hall–Kier alpha value is -3.10. The molecule has 1 aromatic rings. The molecule has 0 fully saturated rings. The first-order valence-electron chi connectivity index (χ1n) is 9.95. The van der Waals surface area contributed by atoms with Gasteiger partial charge in [-0.15, -0.1) is 0 Å². The molecule has 0 unspecified atom stereocenters. The van der Waals surface area contributed by atoms with Gasteiger partial charge in [0.15, 0.2) is 0 Å². The molecule has 0 saturated carbocycles. The van der Waals surface area contributed by atoms with E-state index >= 15 is 0 Å². The van der Waals surface area contributed by atoms with Gasteiger partial charge in [0.05, 0.1) is 7.11 Å². The van der Waals surface area contributed by atoms with Crippen molar-refractivity contribution in [1.82, 2.24) is 10.4 Å². The number of benzene rings is 1. The summed E-state index contributed by atoms with van der Waals surface area (Å²) >= 11 is 0. The molecule has 0 spiro atoms. The van der Waals surface area contributed by atoms with E-state index in [2.05, 4.69) is 5.43 Å². The maximum Gasteiger partial charge on any atom is 0.430 e. The number of hydrazine groups is 1. The van der Waals surface area contributed by atoms with E-state index in [4.69, 9.17) is 14.2 Å². The third-order valence-corrected chi connectivity index (χ3v) is 4.48. The minimum Gasteiger partial charge on any atom is -0.467 e. The normalized spacial score (nSPS) is 18.5. The van der Waals surface area contributed by atoms with Crippen LogP contribution in [0.2, 0.25) is 0 Å². The van der Waals surface area contributed by atoms with Crippen LogP contribution in [0.3, 0.4) is 0 Å². The zero-order chi connectivity index (χ0) is 23.6. The molecule has 9 heteroatoms. The van der Waals surface area contributed by atoms with E-state index in [0.717, 1.165) is 12.7 Å². The average molecular weight is 434 g/mol. The number of hydrogen-bond acceptors (Lipinski definition) is 7. The summed E-state index contributed by atoms with van der Waals surface area (Å²) in [6.45, 7) is 9.80. The summed E-state index contributed by atoms with van der Waals surface area (Å²) in [5.74, 6) is -1.67. The lowest BCUT2D eigenvalue weighted by molar-refractivity contribution is -0.154. The number of fused-ring (bicyclic) bond motifs is 1. The van der Waals surface area contributed by atoms with E-state index in [0.29, 0.717) is 11.4 Å². The zero-order valence-electron chi connectivity index (χ0n) is 19.0. The minimum atomic E-state index is -2.15. The number of nitrogens with zero attached hydrogens (tertiary/aromatic N) is 1. The first kappa shape index (κ1) is 24.2. The Balaban J connectivity index is 2.59. The minimum absolute atomic E-state index is 0.107. The molecular formula is C22H30N2O7. The van der Waals surface area contributed by atoms with Crippen LogP contribution in [0.25, 0.3) is 0 Å². The molecule has 1 aliphatic carbocycles. The molecule has 1 atom stereocenters. The number of aryl methyl sites for hydroxylation is 1. The largest absolute Gasteiger partial charge is 0.467 e. The van der Waals surface area contributed by atoms with Crippen LogP contribution in [-0.2, 0) is 25.4 Å². The second-order valence-corrected chi connectivity index (χ2v) is 9.27. The van der Waals surface area contributed by atoms with Crippen LogP contribution < -0.4 is 5.43 Å². The van der Waals surface area contributed by atoms with Gasteiger partial charge in [0.25, 0.3) is 0 Å². The van der Waals surface area contributed by atoms with Gasteiger partial charge in [-0.2, -0.15) is 5.01 Å². The van der Waals surface area contributed by atoms with Gasteiger partial charge in [-0.3, -0.25) is 4.79 Å². The predicted octanol–water partition coefficient (Wildman–Crippen LogP) is 3.40. The summed E-state index contributed by atoms with van der Waals surface area (Å²) in [7, 11) is 1.11. The van der Waals surface area contributed by atoms with Crippen molar-refractivity contribution in [3.63, 3.8) is 0 Å². The number of ketones is 1. The number of Topliss-reactive ketones (excluding diaryl/α,β-unsaturated/α-hetero) is 1. The van der Waals surface area contributed by atoms with Gasteiger partial charge in [0.1, 0.15) is 11.2 Å². The van der Waals surface area contributed by atoms with Crippen molar-refractivity contribution in [3.8, 4) is 0 Å². The number of esters is 1. The van der Waals surface area contributed by atoms with Gasteiger partial charge in [-0.05, 0) is 59.9 Å². The Kier molecular flexibility index (Phi) is 6.68. The van der Waals surface area contributed by atoms with Crippen molar-refractivity contribution >= 4 is 23.9 Å². The van der Waals surface area contributed by atoms with E-state index < -0.39 is 40.7 Å².